The Balaban J connectivity index is 2.32. The van der Waals surface area contributed by atoms with E-state index in [-0.39, 0.29) is 5.91 Å². The van der Waals surface area contributed by atoms with Crippen molar-refractivity contribution in [3.8, 4) is 11.1 Å². The summed E-state index contributed by atoms with van der Waals surface area (Å²) in [6, 6.07) is 8.72. The molecule has 0 spiro atoms. The standard InChI is InChI=1S/C17H20N2O/c1-10-6-4-5-7-14(10)15-11(2)19(13-8-9-13)12(3)16(15)17(18)20/h4-7,13H,8-9H2,1-3H3,(H2,18,20). The van der Waals surface area contributed by atoms with Crippen molar-refractivity contribution in [2.24, 2.45) is 5.73 Å². The average Bonchev–Trinajstić information content (AvgIpc) is 3.17. The van der Waals surface area contributed by atoms with Crippen molar-refractivity contribution in [2.75, 3.05) is 0 Å². The van der Waals surface area contributed by atoms with Crippen LogP contribution in [0.4, 0.5) is 0 Å². The summed E-state index contributed by atoms with van der Waals surface area (Å²) in [5.41, 5.74) is 11.8. The van der Waals surface area contributed by atoms with E-state index < -0.39 is 0 Å². The van der Waals surface area contributed by atoms with Crippen LogP contribution in [0.15, 0.2) is 24.3 Å². The number of aromatic nitrogens is 1. The maximum absolute atomic E-state index is 11.9. The predicted octanol–water partition coefficient (Wildman–Crippen LogP) is 3.51. The molecular weight excluding hydrogens is 248 g/mol. The fourth-order valence-corrected chi connectivity index (χ4v) is 3.22. The highest BCUT2D eigenvalue weighted by atomic mass is 16.1. The van der Waals surface area contributed by atoms with Crippen molar-refractivity contribution in [3.05, 3.63) is 46.8 Å². The van der Waals surface area contributed by atoms with Gasteiger partial charge in [0.15, 0.2) is 0 Å². The second kappa shape index (κ2) is 4.51. The maximum Gasteiger partial charge on any atom is 0.251 e. The van der Waals surface area contributed by atoms with Gasteiger partial charge in [0, 0.05) is 23.0 Å². The zero-order valence-electron chi connectivity index (χ0n) is 12.2. The molecule has 104 valence electrons. The third-order valence-electron chi connectivity index (χ3n) is 4.27. The Kier molecular flexibility index (Phi) is 2.93. The molecule has 2 N–H and O–H groups in total. The molecule has 2 aromatic rings. The van der Waals surface area contributed by atoms with Crippen molar-refractivity contribution in [2.45, 2.75) is 39.7 Å². The number of nitrogens with zero attached hydrogens (tertiary/aromatic N) is 1. The molecule has 0 saturated heterocycles. The summed E-state index contributed by atoms with van der Waals surface area (Å²) in [7, 11) is 0. The highest BCUT2D eigenvalue weighted by Gasteiger charge is 2.31. The number of hydrogen-bond donors (Lipinski definition) is 1. The molecule has 3 heteroatoms. The summed E-state index contributed by atoms with van der Waals surface area (Å²) < 4.78 is 2.29. The molecule has 1 fully saturated rings. The number of hydrogen-bond acceptors (Lipinski definition) is 1. The van der Waals surface area contributed by atoms with E-state index in [1.807, 2.05) is 19.1 Å². The third kappa shape index (κ3) is 1.85. The van der Waals surface area contributed by atoms with Crippen LogP contribution in [0.25, 0.3) is 11.1 Å². The van der Waals surface area contributed by atoms with E-state index in [9.17, 15) is 4.79 Å². The van der Waals surface area contributed by atoms with Gasteiger partial charge < -0.3 is 10.3 Å². The van der Waals surface area contributed by atoms with Gasteiger partial charge in [-0.2, -0.15) is 0 Å². The highest BCUT2D eigenvalue weighted by molar-refractivity contribution is 6.02. The topological polar surface area (TPSA) is 48.0 Å². The quantitative estimate of drug-likeness (QED) is 0.909. The lowest BCUT2D eigenvalue weighted by molar-refractivity contribution is 0.1000. The van der Waals surface area contributed by atoms with Crippen molar-refractivity contribution >= 4 is 5.91 Å². The third-order valence-corrected chi connectivity index (χ3v) is 4.27. The maximum atomic E-state index is 11.9. The Bertz CT molecular complexity index is 693. The molecule has 0 atom stereocenters. The van der Waals surface area contributed by atoms with E-state index in [2.05, 4.69) is 30.5 Å². The van der Waals surface area contributed by atoms with Crippen molar-refractivity contribution in [1.29, 1.82) is 0 Å². The van der Waals surface area contributed by atoms with Crippen LogP contribution < -0.4 is 5.73 Å². The van der Waals surface area contributed by atoms with Crippen LogP contribution in [0.5, 0.6) is 0 Å². The van der Waals surface area contributed by atoms with Crippen LogP contribution in [0.2, 0.25) is 0 Å². The van der Waals surface area contributed by atoms with Gasteiger partial charge in [0.1, 0.15) is 0 Å². The van der Waals surface area contributed by atoms with E-state index in [1.54, 1.807) is 0 Å². The highest BCUT2D eigenvalue weighted by Crippen LogP contribution is 2.43. The van der Waals surface area contributed by atoms with Gasteiger partial charge in [-0.25, -0.2) is 0 Å². The molecule has 1 amide bonds. The van der Waals surface area contributed by atoms with Gasteiger partial charge in [-0.15, -0.1) is 0 Å². The summed E-state index contributed by atoms with van der Waals surface area (Å²) in [6.07, 6.45) is 2.39. The minimum Gasteiger partial charge on any atom is -0.366 e. The van der Waals surface area contributed by atoms with Crippen molar-refractivity contribution in [1.82, 2.24) is 4.57 Å². The number of aryl methyl sites for hydroxylation is 1. The predicted molar refractivity (Wildman–Crippen MR) is 80.9 cm³/mol. The first-order valence-corrected chi connectivity index (χ1v) is 7.09. The van der Waals surface area contributed by atoms with E-state index in [1.165, 1.54) is 18.4 Å². The Morgan fingerprint density at radius 2 is 1.80 bits per heavy atom. The summed E-state index contributed by atoms with van der Waals surface area (Å²) in [5.74, 6) is -0.330. The fraction of sp³-hybridized carbons (Fsp3) is 0.353. The van der Waals surface area contributed by atoms with Gasteiger partial charge in [-0.05, 0) is 44.7 Å². The van der Waals surface area contributed by atoms with Gasteiger partial charge in [0.2, 0.25) is 0 Å². The smallest absolute Gasteiger partial charge is 0.251 e. The molecule has 0 radical (unpaired) electrons. The largest absolute Gasteiger partial charge is 0.366 e. The summed E-state index contributed by atoms with van der Waals surface area (Å²) in [6.45, 7) is 6.18. The lowest BCUT2D eigenvalue weighted by Gasteiger charge is -2.09. The van der Waals surface area contributed by atoms with Gasteiger partial charge in [-0.1, -0.05) is 24.3 Å². The molecule has 1 heterocycles. The summed E-state index contributed by atoms with van der Waals surface area (Å²) in [5, 5.41) is 0. The van der Waals surface area contributed by atoms with Crippen LogP contribution >= 0.6 is 0 Å². The zero-order valence-corrected chi connectivity index (χ0v) is 12.2. The van der Waals surface area contributed by atoms with Crippen molar-refractivity contribution in [3.63, 3.8) is 0 Å². The Morgan fingerprint density at radius 1 is 1.15 bits per heavy atom. The zero-order chi connectivity index (χ0) is 14.4. The molecule has 0 aliphatic heterocycles. The van der Waals surface area contributed by atoms with Crippen LogP contribution in [0, 0.1) is 20.8 Å². The van der Waals surface area contributed by atoms with Gasteiger partial charge in [-0.3, -0.25) is 4.79 Å². The van der Waals surface area contributed by atoms with Crippen LogP contribution in [-0.4, -0.2) is 10.5 Å². The molecule has 1 aliphatic rings. The first-order chi connectivity index (χ1) is 9.52. The van der Waals surface area contributed by atoms with Crippen LogP contribution in [0.1, 0.15) is 46.2 Å². The number of amides is 1. The molecular formula is C17H20N2O. The molecule has 3 nitrogen and oxygen atoms in total. The molecule has 0 bridgehead atoms. The molecule has 0 unspecified atom stereocenters. The summed E-state index contributed by atoms with van der Waals surface area (Å²) in [4.78, 5) is 11.9. The lowest BCUT2D eigenvalue weighted by Crippen LogP contribution is -2.13. The van der Waals surface area contributed by atoms with E-state index in [0.29, 0.717) is 11.6 Å². The first kappa shape index (κ1) is 13.0. The number of rotatable bonds is 3. The fourth-order valence-electron chi connectivity index (χ4n) is 3.22. The SMILES string of the molecule is Cc1ccccc1-c1c(C(N)=O)c(C)n(C2CC2)c1C. The van der Waals surface area contributed by atoms with E-state index in [4.69, 9.17) is 5.73 Å². The Hall–Kier alpha value is -2.03. The molecule has 20 heavy (non-hydrogen) atoms. The summed E-state index contributed by atoms with van der Waals surface area (Å²) >= 11 is 0. The number of nitrogens with two attached hydrogens (primary N) is 1. The van der Waals surface area contributed by atoms with Crippen molar-refractivity contribution < 1.29 is 4.79 Å². The van der Waals surface area contributed by atoms with Gasteiger partial charge in [0.25, 0.3) is 5.91 Å². The van der Waals surface area contributed by atoms with Crippen LogP contribution in [0.3, 0.4) is 0 Å². The van der Waals surface area contributed by atoms with E-state index >= 15 is 0 Å². The normalized spacial score (nSPS) is 14.6. The number of carbonyl (C=O) groups excluding carboxylic acids is 1. The minimum atomic E-state index is -0.330. The van der Waals surface area contributed by atoms with E-state index in [0.717, 1.165) is 22.5 Å². The second-order valence-corrected chi connectivity index (χ2v) is 5.70. The van der Waals surface area contributed by atoms with Crippen LogP contribution in [-0.2, 0) is 0 Å². The molecule has 1 aliphatic carbocycles. The number of primary amides is 1. The molecule has 1 aromatic heterocycles. The molecule has 1 aromatic carbocycles. The average molecular weight is 268 g/mol. The minimum absolute atomic E-state index is 0.330. The first-order valence-electron chi connectivity index (χ1n) is 7.09. The second-order valence-electron chi connectivity index (χ2n) is 5.70. The Labute approximate surface area is 119 Å². The molecule has 3 rings (SSSR count). The monoisotopic (exact) mass is 268 g/mol. The number of benzene rings is 1. The lowest BCUT2D eigenvalue weighted by atomic mass is 9.96. The van der Waals surface area contributed by atoms with Gasteiger partial charge >= 0.3 is 0 Å². The van der Waals surface area contributed by atoms with Gasteiger partial charge in [0.05, 0.1) is 5.56 Å². The molecule has 1 saturated carbocycles. The Morgan fingerprint density at radius 3 is 2.35 bits per heavy atom. The number of carbonyl (C=O) groups is 1.